The monoisotopic (exact) mass is 197 g/mol. The first-order chi connectivity index (χ1) is 7.36. The van der Waals surface area contributed by atoms with Crippen LogP contribution in [0.4, 0.5) is 11.4 Å². The van der Waals surface area contributed by atoms with Crippen molar-refractivity contribution in [2.45, 2.75) is 6.42 Å². The molecule has 2 nitrogen and oxygen atoms in total. The fourth-order valence-corrected chi connectivity index (χ4v) is 2.07. The first kappa shape index (κ1) is 8.50. The van der Waals surface area contributed by atoms with Gasteiger partial charge in [-0.25, -0.2) is 5.06 Å². The Bertz CT molecular complexity index is 462. The molecule has 1 N–H and O–H groups in total. The average Bonchev–Trinajstić information content (AvgIpc) is 2.30. The zero-order valence-corrected chi connectivity index (χ0v) is 8.22. The number of hydrogen-bond acceptors (Lipinski definition) is 2. The lowest BCUT2D eigenvalue weighted by molar-refractivity contribution is 0.297. The second kappa shape index (κ2) is 3.11. The quantitative estimate of drug-likeness (QED) is 0.701. The molecule has 2 aromatic carbocycles. The number of rotatable bonds is 0. The lowest BCUT2D eigenvalue weighted by Gasteiger charge is -2.27. The third kappa shape index (κ3) is 1.22. The van der Waals surface area contributed by atoms with Crippen LogP contribution >= 0.6 is 0 Å². The first-order valence-corrected chi connectivity index (χ1v) is 5.01. The van der Waals surface area contributed by atoms with Crippen LogP contribution in [-0.2, 0) is 6.42 Å². The lowest BCUT2D eigenvalue weighted by Crippen LogP contribution is -2.18. The second-order valence-electron chi connectivity index (χ2n) is 3.75. The number of nitrogens with zero attached hydrogens (tertiary/aromatic N) is 1. The highest BCUT2D eigenvalue weighted by atomic mass is 16.5. The van der Waals surface area contributed by atoms with Crippen LogP contribution in [0.2, 0.25) is 0 Å². The molecule has 15 heavy (non-hydrogen) atoms. The molecule has 0 spiro atoms. The molecule has 0 saturated heterocycles. The molecule has 0 atom stereocenters. The van der Waals surface area contributed by atoms with Crippen molar-refractivity contribution in [2.75, 3.05) is 5.06 Å². The van der Waals surface area contributed by atoms with E-state index in [1.165, 1.54) is 16.2 Å². The van der Waals surface area contributed by atoms with Crippen LogP contribution < -0.4 is 5.06 Å². The summed E-state index contributed by atoms with van der Waals surface area (Å²) in [5.74, 6) is 0. The van der Waals surface area contributed by atoms with Gasteiger partial charge >= 0.3 is 0 Å². The van der Waals surface area contributed by atoms with Crippen molar-refractivity contribution in [1.29, 1.82) is 0 Å². The Morgan fingerprint density at radius 2 is 1.27 bits per heavy atom. The van der Waals surface area contributed by atoms with Gasteiger partial charge in [0.15, 0.2) is 0 Å². The minimum Gasteiger partial charge on any atom is -0.283 e. The summed E-state index contributed by atoms with van der Waals surface area (Å²) < 4.78 is 0. The van der Waals surface area contributed by atoms with E-state index in [0.717, 1.165) is 17.8 Å². The van der Waals surface area contributed by atoms with Crippen molar-refractivity contribution in [3.05, 3.63) is 59.7 Å². The molecule has 0 bridgehead atoms. The van der Waals surface area contributed by atoms with E-state index >= 15 is 0 Å². The van der Waals surface area contributed by atoms with E-state index in [1.807, 2.05) is 36.4 Å². The molecule has 1 aliphatic heterocycles. The smallest absolute Gasteiger partial charge is 0.0728 e. The van der Waals surface area contributed by atoms with E-state index in [9.17, 15) is 5.21 Å². The van der Waals surface area contributed by atoms with E-state index in [-0.39, 0.29) is 0 Å². The highest BCUT2D eigenvalue weighted by Gasteiger charge is 2.19. The van der Waals surface area contributed by atoms with Crippen molar-refractivity contribution >= 4 is 11.4 Å². The van der Waals surface area contributed by atoms with Gasteiger partial charge in [0.2, 0.25) is 0 Å². The normalized spacial score (nSPS) is 13.3. The van der Waals surface area contributed by atoms with Gasteiger partial charge in [0, 0.05) is 6.42 Å². The fraction of sp³-hybridized carbons (Fsp3) is 0.0769. The zero-order valence-electron chi connectivity index (χ0n) is 8.22. The molecule has 3 rings (SSSR count). The molecule has 0 aliphatic carbocycles. The van der Waals surface area contributed by atoms with Crippen molar-refractivity contribution in [2.24, 2.45) is 0 Å². The van der Waals surface area contributed by atoms with Crippen molar-refractivity contribution < 1.29 is 5.21 Å². The molecule has 0 radical (unpaired) electrons. The minimum atomic E-state index is 0.885. The maximum Gasteiger partial charge on any atom is 0.0728 e. The van der Waals surface area contributed by atoms with Gasteiger partial charge in [-0.1, -0.05) is 36.4 Å². The second-order valence-corrected chi connectivity index (χ2v) is 3.75. The Morgan fingerprint density at radius 3 is 1.80 bits per heavy atom. The Morgan fingerprint density at radius 1 is 0.800 bits per heavy atom. The number of para-hydroxylation sites is 2. The van der Waals surface area contributed by atoms with E-state index in [0.29, 0.717) is 0 Å². The Kier molecular flexibility index (Phi) is 1.76. The van der Waals surface area contributed by atoms with Gasteiger partial charge in [-0.3, -0.25) is 5.21 Å². The van der Waals surface area contributed by atoms with Gasteiger partial charge in [-0.15, -0.1) is 0 Å². The van der Waals surface area contributed by atoms with Gasteiger partial charge in [0.05, 0.1) is 11.4 Å². The van der Waals surface area contributed by atoms with Crippen LogP contribution in [0, 0.1) is 0 Å². The van der Waals surface area contributed by atoms with Crippen molar-refractivity contribution in [3.63, 3.8) is 0 Å². The average molecular weight is 197 g/mol. The lowest BCUT2D eigenvalue weighted by atomic mass is 9.97. The molecule has 1 heterocycles. The SMILES string of the molecule is ON1c2ccccc2Cc2ccccc21. The van der Waals surface area contributed by atoms with Gasteiger partial charge < -0.3 is 0 Å². The van der Waals surface area contributed by atoms with Gasteiger partial charge in [0.1, 0.15) is 0 Å². The van der Waals surface area contributed by atoms with Crippen molar-refractivity contribution in [1.82, 2.24) is 0 Å². The first-order valence-electron chi connectivity index (χ1n) is 5.01. The molecule has 1 aliphatic rings. The summed E-state index contributed by atoms with van der Waals surface area (Å²) in [4.78, 5) is 0. The highest BCUT2D eigenvalue weighted by Crippen LogP contribution is 2.36. The minimum absolute atomic E-state index is 0.885. The Labute approximate surface area is 88.4 Å². The molecular formula is C13H11NO. The fourth-order valence-electron chi connectivity index (χ4n) is 2.07. The van der Waals surface area contributed by atoms with Gasteiger partial charge in [0.25, 0.3) is 0 Å². The number of fused-ring (bicyclic) bond motifs is 2. The molecule has 2 aromatic rings. The van der Waals surface area contributed by atoms with Crippen LogP contribution in [0.5, 0.6) is 0 Å². The summed E-state index contributed by atoms with van der Waals surface area (Å²) in [5, 5.41) is 11.3. The molecule has 74 valence electrons. The van der Waals surface area contributed by atoms with Crippen LogP contribution in [0.15, 0.2) is 48.5 Å². The topological polar surface area (TPSA) is 23.5 Å². The predicted molar refractivity (Wildman–Crippen MR) is 59.6 cm³/mol. The van der Waals surface area contributed by atoms with Crippen LogP contribution in [0.25, 0.3) is 0 Å². The standard InChI is InChI=1S/C13H11NO/c15-14-12-7-3-1-5-10(12)9-11-6-2-4-8-13(11)14/h1-8,15H,9H2. The van der Waals surface area contributed by atoms with Crippen LogP contribution in [0.1, 0.15) is 11.1 Å². The Balaban J connectivity index is 2.20. The largest absolute Gasteiger partial charge is 0.283 e. The summed E-state index contributed by atoms with van der Waals surface area (Å²) in [7, 11) is 0. The van der Waals surface area contributed by atoms with E-state index in [4.69, 9.17) is 0 Å². The third-order valence-electron chi connectivity index (χ3n) is 2.82. The molecular weight excluding hydrogens is 186 g/mol. The molecule has 0 aromatic heterocycles. The summed E-state index contributed by atoms with van der Waals surface area (Å²) >= 11 is 0. The van der Waals surface area contributed by atoms with Crippen molar-refractivity contribution in [3.8, 4) is 0 Å². The summed E-state index contributed by atoms with van der Waals surface area (Å²) in [6.45, 7) is 0. The zero-order chi connectivity index (χ0) is 10.3. The number of anilines is 2. The van der Waals surface area contributed by atoms with E-state index in [1.54, 1.807) is 0 Å². The molecule has 2 heteroatoms. The van der Waals surface area contributed by atoms with Crippen LogP contribution in [0.3, 0.4) is 0 Å². The van der Waals surface area contributed by atoms with Gasteiger partial charge in [-0.05, 0) is 23.3 Å². The molecule has 0 amide bonds. The van der Waals surface area contributed by atoms with Crippen LogP contribution in [-0.4, -0.2) is 5.21 Å². The maximum absolute atomic E-state index is 10.0. The summed E-state index contributed by atoms with van der Waals surface area (Å²) in [6.07, 6.45) is 0.892. The number of benzene rings is 2. The predicted octanol–water partition coefficient (Wildman–Crippen LogP) is 3.12. The molecule has 0 saturated carbocycles. The van der Waals surface area contributed by atoms with E-state index in [2.05, 4.69) is 12.1 Å². The highest BCUT2D eigenvalue weighted by molar-refractivity contribution is 5.71. The summed E-state index contributed by atoms with van der Waals surface area (Å²) in [5.41, 5.74) is 4.10. The third-order valence-corrected chi connectivity index (χ3v) is 2.82. The number of hydrogen-bond donors (Lipinski definition) is 1. The van der Waals surface area contributed by atoms with Gasteiger partial charge in [-0.2, -0.15) is 0 Å². The molecule has 0 unspecified atom stereocenters. The maximum atomic E-state index is 10.0. The Hall–Kier alpha value is -1.80. The molecule has 0 fully saturated rings. The van der Waals surface area contributed by atoms with E-state index < -0.39 is 0 Å². The summed E-state index contributed by atoms with van der Waals surface area (Å²) in [6, 6.07) is 15.9.